The number of hydrogen-bond acceptors (Lipinski definition) is 4. The molecule has 2 N–H and O–H groups in total. The molecule has 160 valence electrons. The molecular formula is C23H29N3O4. The zero-order valence-corrected chi connectivity index (χ0v) is 17.5. The summed E-state index contributed by atoms with van der Waals surface area (Å²) >= 11 is 0. The maximum Gasteiger partial charge on any atom is 0.289 e. The molecule has 7 nitrogen and oxygen atoms in total. The maximum absolute atomic E-state index is 12.9. The fourth-order valence-electron chi connectivity index (χ4n) is 3.79. The number of piperidine rings is 1. The van der Waals surface area contributed by atoms with Crippen LogP contribution in [0.5, 0.6) is 0 Å². The Morgan fingerprint density at radius 2 is 1.87 bits per heavy atom. The van der Waals surface area contributed by atoms with Crippen molar-refractivity contribution in [2.24, 2.45) is 5.92 Å². The molecule has 3 rings (SSSR count). The second-order valence-electron chi connectivity index (χ2n) is 7.66. The van der Waals surface area contributed by atoms with E-state index in [0.29, 0.717) is 43.8 Å². The van der Waals surface area contributed by atoms with Gasteiger partial charge in [0.25, 0.3) is 11.8 Å². The summed E-state index contributed by atoms with van der Waals surface area (Å²) in [4.78, 5) is 39.9. The molecule has 1 saturated heterocycles. The lowest BCUT2D eigenvalue weighted by atomic mass is 9.88. The SMILES string of the molecule is CCCNC(=O)[C@H](NC(=O)c1ccccc1C)C1CCN(C(=O)c2ccco2)CC1. The second kappa shape index (κ2) is 10.1. The molecule has 0 bridgehead atoms. The number of carbonyl (C=O) groups excluding carboxylic acids is 3. The Morgan fingerprint density at radius 1 is 1.13 bits per heavy atom. The molecule has 1 aliphatic rings. The van der Waals surface area contributed by atoms with Crippen LogP contribution in [0.1, 0.15) is 52.7 Å². The number of nitrogens with zero attached hydrogens (tertiary/aromatic N) is 1. The van der Waals surface area contributed by atoms with E-state index in [1.807, 2.05) is 32.0 Å². The first-order valence-corrected chi connectivity index (χ1v) is 10.5. The van der Waals surface area contributed by atoms with Gasteiger partial charge in [-0.3, -0.25) is 14.4 Å². The van der Waals surface area contributed by atoms with E-state index in [1.54, 1.807) is 23.1 Å². The number of benzene rings is 1. The summed E-state index contributed by atoms with van der Waals surface area (Å²) in [6.45, 7) is 5.45. The smallest absolute Gasteiger partial charge is 0.289 e. The monoisotopic (exact) mass is 411 g/mol. The van der Waals surface area contributed by atoms with Crippen molar-refractivity contribution in [2.45, 2.75) is 39.2 Å². The first-order valence-electron chi connectivity index (χ1n) is 10.5. The summed E-state index contributed by atoms with van der Waals surface area (Å²) in [6, 6.07) is 10.0. The highest BCUT2D eigenvalue weighted by Gasteiger charge is 2.34. The zero-order valence-electron chi connectivity index (χ0n) is 17.5. The van der Waals surface area contributed by atoms with Gasteiger partial charge in [-0.05, 0) is 55.9 Å². The lowest BCUT2D eigenvalue weighted by Crippen LogP contribution is -2.54. The molecule has 30 heavy (non-hydrogen) atoms. The van der Waals surface area contributed by atoms with Gasteiger partial charge in [0, 0.05) is 25.2 Å². The van der Waals surface area contributed by atoms with E-state index in [9.17, 15) is 14.4 Å². The van der Waals surface area contributed by atoms with Crippen LogP contribution in [0.3, 0.4) is 0 Å². The molecule has 0 unspecified atom stereocenters. The maximum atomic E-state index is 12.9. The van der Waals surface area contributed by atoms with Crippen molar-refractivity contribution in [1.82, 2.24) is 15.5 Å². The Morgan fingerprint density at radius 3 is 2.50 bits per heavy atom. The predicted octanol–water partition coefficient (Wildman–Crippen LogP) is 2.77. The third kappa shape index (κ3) is 5.09. The molecule has 1 aromatic heterocycles. The van der Waals surface area contributed by atoms with Crippen LogP contribution in [0, 0.1) is 12.8 Å². The normalized spacial score (nSPS) is 15.5. The Bertz CT molecular complexity index is 870. The summed E-state index contributed by atoms with van der Waals surface area (Å²) in [6.07, 6.45) is 3.56. The molecule has 3 amide bonds. The minimum absolute atomic E-state index is 0.0459. The third-order valence-electron chi connectivity index (χ3n) is 5.54. The highest BCUT2D eigenvalue weighted by molar-refractivity contribution is 5.98. The molecule has 1 atom stereocenters. The van der Waals surface area contributed by atoms with Gasteiger partial charge in [0.2, 0.25) is 5.91 Å². The van der Waals surface area contributed by atoms with Crippen LogP contribution in [0.4, 0.5) is 0 Å². The van der Waals surface area contributed by atoms with Gasteiger partial charge in [0.1, 0.15) is 6.04 Å². The largest absolute Gasteiger partial charge is 0.459 e. The third-order valence-corrected chi connectivity index (χ3v) is 5.54. The Kier molecular flexibility index (Phi) is 7.27. The van der Waals surface area contributed by atoms with Crippen LogP contribution in [0.25, 0.3) is 0 Å². The fourth-order valence-corrected chi connectivity index (χ4v) is 3.79. The zero-order chi connectivity index (χ0) is 21.5. The molecule has 0 aliphatic carbocycles. The van der Waals surface area contributed by atoms with Gasteiger partial charge in [-0.25, -0.2) is 0 Å². The number of rotatable bonds is 7. The van der Waals surface area contributed by atoms with Crippen LogP contribution < -0.4 is 10.6 Å². The molecule has 1 aliphatic heterocycles. The summed E-state index contributed by atoms with van der Waals surface area (Å²) < 4.78 is 5.21. The summed E-state index contributed by atoms with van der Waals surface area (Å²) in [5.41, 5.74) is 1.43. The van der Waals surface area contributed by atoms with Crippen molar-refractivity contribution < 1.29 is 18.8 Å². The number of carbonyl (C=O) groups is 3. The summed E-state index contributed by atoms with van der Waals surface area (Å²) in [7, 11) is 0. The van der Waals surface area contributed by atoms with Crippen molar-refractivity contribution in [1.29, 1.82) is 0 Å². The first-order chi connectivity index (χ1) is 14.5. The first kappa shape index (κ1) is 21.6. The van der Waals surface area contributed by atoms with Gasteiger partial charge in [0.05, 0.1) is 6.26 Å². The Labute approximate surface area is 176 Å². The molecule has 0 spiro atoms. The van der Waals surface area contributed by atoms with E-state index < -0.39 is 6.04 Å². The van der Waals surface area contributed by atoms with Gasteiger partial charge in [-0.2, -0.15) is 0 Å². The van der Waals surface area contributed by atoms with Gasteiger partial charge < -0.3 is 20.0 Å². The number of hydrogen-bond donors (Lipinski definition) is 2. The number of nitrogens with one attached hydrogen (secondary N) is 2. The van der Waals surface area contributed by atoms with Crippen molar-refractivity contribution in [3.63, 3.8) is 0 Å². The van der Waals surface area contributed by atoms with Crippen molar-refractivity contribution in [3.05, 3.63) is 59.5 Å². The van der Waals surface area contributed by atoms with Crippen molar-refractivity contribution >= 4 is 17.7 Å². The fraction of sp³-hybridized carbons (Fsp3) is 0.435. The van der Waals surface area contributed by atoms with Crippen LogP contribution in [-0.2, 0) is 4.79 Å². The number of amides is 3. The van der Waals surface area contributed by atoms with Gasteiger partial charge in [-0.15, -0.1) is 0 Å². The number of likely N-dealkylation sites (tertiary alicyclic amines) is 1. The number of furan rings is 1. The Balaban J connectivity index is 1.68. The van der Waals surface area contributed by atoms with E-state index in [-0.39, 0.29) is 23.6 Å². The van der Waals surface area contributed by atoms with Gasteiger partial charge in [0.15, 0.2) is 5.76 Å². The predicted molar refractivity (Wildman–Crippen MR) is 113 cm³/mol. The van der Waals surface area contributed by atoms with Crippen molar-refractivity contribution in [2.75, 3.05) is 19.6 Å². The number of aryl methyl sites for hydroxylation is 1. The standard InChI is InChI=1S/C23H29N3O4/c1-3-12-24-22(28)20(25-21(27)18-8-5-4-7-16(18)2)17-10-13-26(14-11-17)23(29)19-9-6-15-30-19/h4-9,15,17,20H,3,10-14H2,1-2H3,(H,24,28)(H,25,27)/t20-/m1/s1. The van der Waals surface area contributed by atoms with E-state index in [2.05, 4.69) is 10.6 Å². The minimum Gasteiger partial charge on any atom is -0.459 e. The molecule has 2 aromatic rings. The molecule has 1 aromatic carbocycles. The Hall–Kier alpha value is -3.09. The van der Waals surface area contributed by atoms with Gasteiger partial charge in [-0.1, -0.05) is 25.1 Å². The van der Waals surface area contributed by atoms with E-state index >= 15 is 0 Å². The van der Waals surface area contributed by atoms with Crippen molar-refractivity contribution in [3.8, 4) is 0 Å². The highest BCUT2D eigenvalue weighted by atomic mass is 16.3. The molecule has 7 heteroatoms. The summed E-state index contributed by atoms with van der Waals surface area (Å²) in [5, 5.41) is 5.86. The summed E-state index contributed by atoms with van der Waals surface area (Å²) in [5.74, 6) is -0.295. The average molecular weight is 412 g/mol. The quantitative estimate of drug-likeness (QED) is 0.733. The van der Waals surface area contributed by atoms with E-state index in [4.69, 9.17) is 4.42 Å². The molecule has 0 radical (unpaired) electrons. The van der Waals surface area contributed by atoms with E-state index in [0.717, 1.165) is 12.0 Å². The lowest BCUT2D eigenvalue weighted by Gasteiger charge is -2.35. The van der Waals surface area contributed by atoms with Crippen LogP contribution >= 0.6 is 0 Å². The van der Waals surface area contributed by atoms with Gasteiger partial charge >= 0.3 is 0 Å². The highest BCUT2D eigenvalue weighted by Crippen LogP contribution is 2.23. The van der Waals surface area contributed by atoms with Crippen LogP contribution in [0.15, 0.2) is 47.1 Å². The van der Waals surface area contributed by atoms with Crippen LogP contribution in [0.2, 0.25) is 0 Å². The average Bonchev–Trinajstić information content (AvgIpc) is 3.30. The minimum atomic E-state index is -0.635. The molecular weight excluding hydrogens is 382 g/mol. The van der Waals surface area contributed by atoms with Crippen LogP contribution in [-0.4, -0.2) is 48.3 Å². The lowest BCUT2D eigenvalue weighted by molar-refractivity contribution is -0.124. The molecule has 1 fully saturated rings. The molecule has 0 saturated carbocycles. The second-order valence-corrected chi connectivity index (χ2v) is 7.66. The topological polar surface area (TPSA) is 91.7 Å². The molecule has 2 heterocycles. The van der Waals surface area contributed by atoms with E-state index in [1.165, 1.54) is 6.26 Å².